The SMILES string of the molecule is COC(=O)C(COC(C)C(F)(F)F)(NC(C)C)C1CC1. The smallest absolute Gasteiger partial charge is 0.414 e. The van der Waals surface area contributed by atoms with Gasteiger partial charge in [0.2, 0.25) is 0 Å². The summed E-state index contributed by atoms with van der Waals surface area (Å²) in [6, 6.07) is -0.0699. The number of carbonyl (C=O) groups excluding carboxylic acids is 1. The summed E-state index contributed by atoms with van der Waals surface area (Å²) in [6.45, 7) is 4.24. The van der Waals surface area contributed by atoms with Crippen molar-refractivity contribution in [2.45, 2.75) is 57.5 Å². The van der Waals surface area contributed by atoms with Crippen molar-refractivity contribution in [3.8, 4) is 0 Å². The molecule has 0 aliphatic heterocycles. The molecule has 7 heteroatoms. The molecule has 20 heavy (non-hydrogen) atoms. The molecule has 0 spiro atoms. The van der Waals surface area contributed by atoms with Gasteiger partial charge in [-0.05, 0) is 39.5 Å². The molecule has 0 amide bonds. The van der Waals surface area contributed by atoms with Gasteiger partial charge in [-0.25, -0.2) is 4.79 Å². The van der Waals surface area contributed by atoms with Gasteiger partial charge >= 0.3 is 12.1 Å². The van der Waals surface area contributed by atoms with E-state index in [0.717, 1.165) is 19.8 Å². The van der Waals surface area contributed by atoms with E-state index < -0.39 is 23.8 Å². The van der Waals surface area contributed by atoms with Crippen molar-refractivity contribution in [1.29, 1.82) is 0 Å². The van der Waals surface area contributed by atoms with Crippen molar-refractivity contribution in [3.63, 3.8) is 0 Å². The molecule has 2 atom stereocenters. The summed E-state index contributed by atoms with van der Waals surface area (Å²) in [5, 5.41) is 3.05. The van der Waals surface area contributed by atoms with Crippen LogP contribution in [0.3, 0.4) is 0 Å². The lowest BCUT2D eigenvalue weighted by Gasteiger charge is -2.35. The van der Waals surface area contributed by atoms with Gasteiger partial charge in [-0.15, -0.1) is 0 Å². The number of halogens is 3. The highest BCUT2D eigenvalue weighted by atomic mass is 19.4. The highest BCUT2D eigenvalue weighted by molar-refractivity contribution is 5.82. The Balaban J connectivity index is 2.84. The summed E-state index contributed by atoms with van der Waals surface area (Å²) in [6.07, 6.45) is -4.81. The molecular formula is C13H22F3NO3. The predicted octanol–water partition coefficient (Wildman–Crippen LogP) is 2.27. The minimum absolute atomic E-state index is 0.0437. The van der Waals surface area contributed by atoms with Crippen molar-refractivity contribution in [2.24, 2.45) is 5.92 Å². The van der Waals surface area contributed by atoms with E-state index in [-0.39, 0.29) is 18.6 Å². The molecule has 1 rings (SSSR count). The normalized spacial score (nSPS) is 20.6. The van der Waals surface area contributed by atoms with Crippen molar-refractivity contribution in [3.05, 3.63) is 0 Å². The van der Waals surface area contributed by atoms with Crippen LogP contribution in [0.1, 0.15) is 33.6 Å². The van der Waals surface area contributed by atoms with E-state index in [1.54, 1.807) is 0 Å². The van der Waals surface area contributed by atoms with Crippen LogP contribution in [0, 0.1) is 5.92 Å². The molecule has 0 aromatic rings. The van der Waals surface area contributed by atoms with Crippen LogP contribution in [-0.4, -0.2) is 43.5 Å². The van der Waals surface area contributed by atoms with E-state index >= 15 is 0 Å². The second-order valence-corrected chi connectivity index (χ2v) is 5.53. The first-order valence-electron chi connectivity index (χ1n) is 6.68. The number of alkyl halides is 3. The first-order valence-corrected chi connectivity index (χ1v) is 6.68. The number of esters is 1. The minimum Gasteiger partial charge on any atom is -0.468 e. The summed E-state index contributed by atoms with van der Waals surface area (Å²) < 4.78 is 47.3. The fourth-order valence-corrected chi connectivity index (χ4v) is 2.19. The number of hydrogen-bond acceptors (Lipinski definition) is 4. The van der Waals surface area contributed by atoms with Crippen LogP contribution < -0.4 is 5.32 Å². The average Bonchev–Trinajstić information content (AvgIpc) is 3.15. The quantitative estimate of drug-likeness (QED) is 0.732. The van der Waals surface area contributed by atoms with Crippen molar-refractivity contribution in [2.75, 3.05) is 13.7 Å². The maximum atomic E-state index is 12.5. The zero-order valence-electron chi connectivity index (χ0n) is 12.2. The van der Waals surface area contributed by atoms with Gasteiger partial charge in [0.15, 0.2) is 6.10 Å². The molecule has 0 heterocycles. The molecule has 1 aliphatic rings. The van der Waals surface area contributed by atoms with Crippen molar-refractivity contribution >= 4 is 5.97 Å². The number of hydrogen-bond donors (Lipinski definition) is 1. The zero-order valence-corrected chi connectivity index (χ0v) is 12.2. The van der Waals surface area contributed by atoms with E-state index in [0.29, 0.717) is 0 Å². The Bertz CT molecular complexity index is 342. The van der Waals surface area contributed by atoms with Crippen molar-refractivity contribution in [1.82, 2.24) is 5.32 Å². The second kappa shape index (κ2) is 6.30. The Kier molecular flexibility index (Phi) is 5.43. The number of carbonyl (C=O) groups is 1. The van der Waals surface area contributed by atoms with Crippen LogP contribution in [0.25, 0.3) is 0 Å². The van der Waals surface area contributed by atoms with Crippen LogP contribution in [0.15, 0.2) is 0 Å². The first kappa shape index (κ1) is 17.2. The van der Waals surface area contributed by atoms with Gasteiger partial charge < -0.3 is 9.47 Å². The Morgan fingerprint density at radius 3 is 2.20 bits per heavy atom. The summed E-state index contributed by atoms with van der Waals surface area (Å²) in [5.74, 6) is -0.610. The van der Waals surface area contributed by atoms with Crippen LogP contribution >= 0.6 is 0 Å². The monoisotopic (exact) mass is 297 g/mol. The largest absolute Gasteiger partial charge is 0.468 e. The number of nitrogens with one attached hydrogen (secondary N) is 1. The zero-order chi connectivity index (χ0) is 15.6. The van der Waals surface area contributed by atoms with E-state index in [4.69, 9.17) is 9.47 Å². The van der Waals surface area contributed by atoms with Crippen LogP contribution in [0.5, 0.6) is 0 Å². The summed E-state index contributed by atoms with van der Waals surface area (Å²) in [5.41, 5.74) is -1.19. The van der Waals surface area contributed by atoms with Gasteiger partial charge in [0.25, 0.3) is 0 Å². The molecule has 0 aromatic heterocycles. The molecule has 1 aliphatic carbocycles. The molecule has 1 fully saturated rings. The standard InChI is InChI=1S/C13H22F3NO3/c1-8(2)17-12(10-5-6-10,11(18)19-4)7-20-9(3)13(14,15)16/h8-10,17H,5-7H2,1-4H3. The van der Waals surface area contributed by atoms with Gasteiger partial charge in [-0.1, -0.05) is 0 Å². The Morgan fingerprint density at radius 2 is 1.85 bits per heavy atom. The highest BCUT2D eigenvalue weighted by Crippen LogP contribution is 2.41. The molecule has 1 saturated carbocycles. The summed E-state index contributed by atoms with van der Waals surface area (Å²) in [7, 11) is 1.23. The molecular weight excluding hydrogens is 275 g/mol. The maximum absolute atomic E-state index is 12.5. The molecule has 2 unspecified atom stereocenters. The third-order valence-corrected chi connectivity index (χ3v) is 3.39. The lowest BCUT2D eigenvalue weighted by Crippen LogP contribution is -2.60. The average molecular weight is 297 g/mol. The van der Waals surface area contributed by atoms with Crippen LogP contribution in [0.4, 0.5) is 13.2 Å². The first-order chi connectivity index (χ1) is 9.13. The number of methoxy groups -OCH3 is 1. The number of ether oxygens (including phenoxy) is 2. The molecule has 118 valence electrons. The maximum Gasteiger partial charge on any atom is 0.414 e. The summed E-state index contributed by atoms with van der Waals surface area (Å²) >= 11 is 0. The third-order valence-electron chi connectivity index (χ3n) is 3.39. The molecule has 0 radical (unpaired) electrons. The topological polar surface area (TPSA) is 47.6 Å². The molecule has 0 bridgehead atoms. The van der Waals surface area contributed by atoms with E-state index in [2.05, 4.69) is 5.32 Å². The molecule has 0 aromatic carbocycles. The lowest BCUT2D eigenvalue weighted by atomic mass is 9.93. The van der Waals surface area contributed by atoms with Gasteiger partial charge in [0, 0.05) is 6.04 Å². The lowest BCUT2D eigenvalue weighted by molar-refractivity contribution is -0.221. The predicted molar refractivity (Wildman–Crippen MR) is 67.2 cm³/mol. The highest BCUT2D eigenvalue weighted by Gasteiger charge is 2.53. The Morgan fingerprint density at radius 1 is 1.30 bits per heavy atom. The molecule has 4 nitrogen and oxygen atoms in total. The van der Waals surface area contributed by atoms with Gasteiger partial charge in [-0.3, -0.25) is 5.32 Å². The van der Waals surface area contributed by atoms with E-state index in [1.807, 2.05) is 13.8 Å². The van der Waals surface area contributed by atoms with E-state index in [9.17, 15) is 18.0 Å². The molecule has 1 N–H and O–H groups in total. The van der Waals surface area contributed by atoms with Gasteiger partial charge in [0.05, 0.1) is 13.7 Å². The summed E-state index contributed by atoms with van der Waals surface area (Å²) in [4.78, 5) is 12.1. The second-order valence-electron chi connectivity index (χ2n) is 5.53. The third kappa shape index (κ3) is 4.09. The van der Waals surface area contributed by atoms with Gasteiger partial charge in [0.1, 0.15) is 5.54 Å². The van der Waals surface area contributed by atoms with Gasteiger partial charge in [-0.2, -0.15) is 13.2 Å². The number of rotatable bonds is 7. The van der Waals surface area contributed by atoms with E-state index in [1.165, 1.54) is 7.11 Å². The fourth-order valence-electron chi connectivity index (χ4n) is 2.19. The Hall–Kier alpha value is -0.820. The van der Waals surface area contributed by atoms with Crippen LogP contribution in [-0.2, 0) is 14.3 Å². The Labute approximate surface area is 117 Å². The minimum atomic E-state index is -4.44. The molecule has 0 saturated heterocycles. The fraction of sp³-hybridized carbons (Fsp3) is 0.923. The van der Waals surface area contributed by atoms with Crippen LogP contribution in [0.2, 0.25) is 0 Å². The van der Waals surface area contributed by atoms with Crippen molar-refractivity contribution < 1.29 is 27.4 Å².